The molecule has 1 aromatic rings. The molecule has 0 heterocycles. The molecule has 0 aromatic heterocycles. The number of alkyl halides is 3. The molecule has 0 amide bonds. The van der Waals surface area contributed by atoms with Gasteiger partial charge in [-0.1, -0.05) is 0 Å². The second-order valence-corrected chi connectivity index (χ2v) is 3.35. The molecular formula is C9H7F3N2O4. The first-order valence-corrected chi connectivity index (χ1v) is 4.48. The minimum absolute atomic E-state index is 0.545. The van der Waals surface area contributed by atoms with Crippen LogP contribution in [0, 0.1) is 10.1 Å². The topological polar surface area (TPSA) is 106 Å². The Morgan fingerprint density at radius 3 is 2.39 bits per heavy atom. The van der Waals surface area contributed by atoms with Crippen LogP contribution >= 0.6 is 0 Å². The number of nitro benzene ring substituents is 1. The predicted octanol–water partition coefficient (Wildman–Crippen LogP) is 1.86. The van der Waals surface area contributed by atoms with Crippen LogP contribution < -0.4 is 5.73 Å². The van der Waals surface area contributed by atoms with Crippen LogP contribution in [0.4, 0.5) is 18.9 Å². The Morgan fingerprint density at radius 2 is 2.00 bits per heavy atom. The third-order valence-electron chi connectivity index (χ3n) is 2.17. The first-order chi connectivity index (χ1) is 8.14. The minimum Gasteiger partial charge on any atom is -0.478 e. The van der Waals surface area contributed by atoms with E-state index in [2.05, 4.69) is 0 Å². The van der Waals surface area contributed by atoms with E-state index in [4.69, 9.17) is 10.8 Å². The first-order valence-electron chi connectivity index (χ1n) is 4.48. The number of nitro groups is 1. The van der Waals surface area contributed by atoms with Crippen molar-refractivity contribution < 1.29 is 28.0 Å². The fourth-order valence-electron chi connectivity index (χ4n) is 1.29. The highest BCUT2D eigenvalue weighted by molar-refractivity contribution is 5.90. The number of nitrogens with zero attached hydrogens (tertiary/aromatic N) is 1. The van der Waals surface area contributed by atoms with Gasteiger partial charge in [0, 0.05) is 12.1 Å². The molecule has 0 unspecified atom stereocenters. The van der Waals surface area contributed by atoms with Crippen LogP contribution in [0.15, 0.2) is 18.2 Å². The van der Waals surface area contributed by atoms with E-state index < -0.39 is 39.9 Å². The summed E-state index contributed by atoms with van der Waals surface area (Å²) >= 11 is 0. The van der Waals surface area contributed by atoms with Gasteiger partial charge in [0.05, 0.1) is 10.5 Å². The maximum atomic E-state index is 12.4. The highest BCUT2D eigenvalue weighted by Gasteiger charge is 2.40. The number of non-ortho nitro benzene ring substituents is 1. The maximum absolute atomic E-state index is 12.4. The number of carboxylic acids is 1. The molecule has 0 saturated carbocycles. The fraction of sp³-hybridized carbons (Fsp3) is 0.222. The lowest BCUT2D eigenvalue weighted by Gasteiger charge is -2.17. The number of hydrogen-bond acceptors (Lipinski definition) is 4. The molecule has 1 aromatic carbocycles. The number of carbonyl (C=O) groups is 1. The summed E-state index contributed by atoms with van der Waals surface area (Å²) in [5, 5.41) is 19.2. The second kappa shape index (κ2) is 4.61. The summed E-state index contributed by atoms with van der Waals surface area (Å²) in [6, 6.07) is -0.500. The number of aromatic carboxylic acids is 1. The Kier molecular flexibility index (Phi) is 3.56. The number of rotatable bonds is 3. The molecule has 3 N–H and O–H groups in total. The molecule has 0 radical (unpaired) electrons. The zero-order valence-electron chi connectivity index (χ0n) is 8.64. The summed E-state index contributed by atoms with van der Waals surface area (Å²) < 4.78 is 37.2. The van der Waals surface area contributed by atoms with Gasteiger partial charge in [0.1, 0.15) is 6.04 Å². The smallest absolute Gasteiger partial charge is 0.407 e. The van der Waals surface area contributed by atoms with Crippen LogP contribution in [0.25, 0.3) is 0 Å². The van der Waals surface area contributed by atoms with Crippen molar-refractivity contribution in [1.29, 1.82) is 0 Å². The van der Waals surface area contributed by atoms with E-state index in [-0.39, 0.29) is 0 Å². The Bertz CT molecular complexity index is 501. The van der Waals surface area contributed by atoms with Crippen molar-refractivity contribution in [2.45, 2.75) is 12.2 Å². The number of hydrogen-bond donors (Lipinski definition) is 2. The molecular weight excluding hydrogens is 257 g/mol. The highest BCUT2D eigenvalue weighted by atomic mass is 19.4. The number of carboxylic acid groups (broad SMARTS) is 1. The quantitative estimate of drug-likeness (QED) is 0.640. The second-order valence-electron chi connectivity index (χ2n) is 3.35. The van der Waals surface area contributed by atoms with Gasteiger partial charge in [-0.3, -0.25) is 10.1 Å². The van der Waals surface area contributed by atoms with Crippen LogP contribution in [0.1, 0.15) is 22.0 Å². The normalized spacial score (nSPS) is 13.1. The van der Waals surface area contributed by atoms with Crippen LogP contribution in [-0.4, -0.2) is 22.2 Å². The van der Waals surface area contributed by atoms with Crippen molar-refractivity contribution in [2.75, 3.05) is 0 Å². The molecule has 0 aliphatic heterocycles. The zero-order valence-corrected chi connectivity index (χ0v) is 8.64. The molecule has 0 bridgehead atoms. The van der Waals surface area contributed by atoms with Crippen LogP contribution in [0.5, 0.6) is 0 Å². The number of halogens is 3. The molecule has 0 saturated heterocycles. The predicted molar refractivity (Wildman–Crippen MR) is 53.0 cm³/mol. The first kappa shape index (κ1) is 13.9. The van der Waals surface area contributed by atoms with Gasteiger partial charge in [0.2, 0.25) is 0 Å². The lowest BCUT2D eigenvalue weighted by molar-refractivity contribution is -0.384. The lowest BCUT2D eigenvalue weighted by atomic mass is 10.00. The van der Waals surface area contributed by atoms with E-state index >= 15 is 0 Å². The molecule has 1 rings (SSSR count). The van der Waals surface area contributed by atoms with Gasteiger partial charge in [-0.25, -0.2) is 4.79 Å². The lowest BCUT2D eigenvalue weighted by Crippen LogP contribution is -2.30. The van der Waals surface area contributed by atoms with Crippen LogP contribution in [-0.2, 0) is 0 Å². The summed E-state index contributed by atoms with van der Waals surface area (Å²) in [7, 11) is 0. The molecule has 1 atom stereocenters. The summed E-state index contributed by atoms with van der Waals surface area (Å²) in [6.07, 6.45) is -4.83. The molecule has 6 nitrogen and oxygen atoms in total. The van der Waals surface area contributed by atoms with E-state index in [1.54, 1.807) is 0 Å². The Morgan fingerprint density at radius 1 is 1.44 bits per heavy atom. The Labute approximate surface area is 98.0 Å². The monoisotopic (exact) mass is 264 g/mol. The van der Waals surface area contributed by atoms with E-state index in [1.807, 2.05) is 0 Å². The standard InChI is InChI=1S/C9H7F3N2O4/c10-9(11,12)7(13)5-2-1-4(14(17)18)3-6(5)8(15)16/h1-3,7H,13H2,(H,15,16)/t7-/m0/s1. The van der Waals surface area contributed by atoms with Crippen molar-refractivity contribution in [2.24, 2.45) is 5.73 Å². The van der Waals surface area contributed by atoms with Gasteiger partial charge in [-0.05, 0) is 11.6 Å². The Balaban J connectivity index is 3.37. The average Bonchev–Trinajstić information content (AvgIpc) is 2.25. The van der Waals surface area contributed by atoms with Crippen LogP contribution in [0.2, 0.25) is 0 Å². The van der Waals surface area contributed by atoms with E-state index in [0.29, 0.717) is 12.1 Å². The van der Waals surface area contributed by atoms with E-state index in [0.717, 1.165) is 6.07 Å². The van der Waals surface area contributed by atoms with Gasteiger partial charge in [-0.2, -0.15) is 13.2 Å². The SMILES string of the molecule is N[C@@H](c1ccc([N+](=O)[O-])cc1C(=O)O)C(F)(F)F. The van der Waals surface area contributed by atoms with E-state index in [1.165, 1.54) is 0 Å². The molecule has 0 aliphatic carbocycles. The van der Waals surface area contributed by atoms with Crippen LogP contribution in [0.3, 0.4) is 0 Å². The fourth-order valence-corrected chi connectivity index (χ4v) is 1.29. The summed E-state index contributed by atoms with van der Waals surface area (Å²) in [5.74, 6) is -1.71. The highest BCUT2D eigenvalue weighted by Crippen LogP contribution is 2.33. The van der Waals surface area contributed by atoms with Gasteiger partial charge in [-0.15, -0.1) is 0 Å². The minimum atomic E-state index is -4.83. The third kappa shape index (κ3) is 2.74. The maximum Gasteiger partial charge on any atom is 0.407 e. The van der Waals surface area contributed by atoms with Crippen molar-refractivity contribution in [3.8, 4) is 0 Å². The largest absolute Gasteiger partial charge is 0.478 e. The summed E-state index contributed by atoms with van der Waals surface area (Å²) in [6.45, 7) is 0. The molecule has 0 aliphatic rings. The van der Waals surface area contributed by atoms with Gasteiger partial charge in [0.15, 0.2) is 0 Å². The van der Waals surface area contributed by atoms with E-state index in [9.17, 15) is 28.1 Å². The van der Waals surface area contributed by atoms with Crippen molar-refractivity contribution in [3.63, 3.8) is 0 Å². The molecule has 98 valence electrons. The molecule has 0 fully saturated rings. The van der Waals surface area contributed by atoms with Crippen molar-refractivity contribution >= 4 is 11.7 Å². The molecule has 18 heavy (non-hydrogen) atoms. The zero-order chi connectivity index (χ0) is 14.1. The average molecular weight is 264 g/mol. The van der Waals surface area contributed by atoms with Gasteiger partial charge in [0.25, 0.3) is 5.69 Å². The third-order valence-corrected chi connectivity index (χ3v) is 2.17. The number of nitrogens with two attached hydrogens (primary N) is 1. The number of benzene rings is 1. The molecule has 0 spiro atoms. The summed E-state index contributed by atoms with van der Waals surface area (Å²) in [4.78, 5) is 20.3. The molecule has 9 heteroatoms. The van der Waals surface area contributed by atoms with Crippen molar-refractivity contribution in [3.05, 3.63) is 39.4 Å². The van der Waals surface area contributed by atoms with Crippen molar-refractivity contribution in [1.82, 2.24) is 0 Å². The Hall–Kier alpha value is -2.16. The van der Waals surface area contributed by atoms with Gasteiger partial charge >= 0.3 is 12.1 Å². The van der Waals surface area contributed by atoms with Gasteiger partial charge < -0.3 is 10.8 Å². The summed E-state index contributed by atoms with van der Waals surface area (Å²) in [5.41, 5.74) is 2.70.